The summed E-state index contributed by atoms with van der Waals surface area (Å²) in [6, 6.07) is 11.3. The highest BCUT2D eigenvalue weighted by Crippen LogP contribution is 2.39. The van der Waals surface area contributed by atoms with E-state index >= 15 is 0 Å². The third kappa shape index (κ3) is 7.16. The minimum Gasteiger partial charge on any atom is -0.493 e. The lowest BCUT2D eigenvalue weighted by molar-refractivity contribution is 0.0990. The van der Waals surface area contributed by atoms with Crippen molar-refractivity contribution in [3.63, 3.8) is 0 Å². The van der Waals surface area contributed by atoms with E-state index in [0.717, 1.165) is 35.7 Å². The van der Waals surface area contributed by atoms with Crippen molar-refractivity contribution < 1.29 is 42.0 Å². The molecule has 0 aliphatic carbocycles. The van der Waals surface area contributed by atoms with E-state index in [-0.39, 0.29) is 30.2 Å². The molecular weight excluding hydrogens is 654 g/mol. The van der Waals surface area contributed by atoms with Gasteiger partial charge in [-0.25, -0.2) is 23.4 Å². The summed E-state index contributed by atoms with van der Waals surface area (Å²) >= 11 is 0. The van der Waals surface area contributed by atoms with Gasteiger partial charge in [0.2, 0.25) is 5.88 Å². The van der Waals surface area contributed by atoms with Gasteiger partial charge < -0.3 is 28.4 Å². The van der Waals surface area contributed by atoms with Crippen molar-refractivity contribution in [2.24, 2.45) is 0 Å². The van der Waals surface area contributed by atoms with Crippen molar-refractivity contribution in [3.05, 3.63) is 93.7 Å². The predicted octanol–water partition coefficient (Wildman–Crippen LogP) is 5.47. The molecule has 3 heterocycles. The first kappa shape index (κ1) is 34.5. The number of fused-ring (bicyclic) bond motifs is 2. The molecule has 0 atom stereocenters. The maximum Gasteiger partial charge on any atom is 0.282 e. The molecule has 0 saturated heterocycles. The van der Waals surface area contributed by atoms with Crippen LogP contribution in [-0.2, 0) is 28.9 Å². The molecule has 12 nitrogen and oxygen atoms in total. The average molecular weight is 691 g/mol. The van der Waals surface area contributed by atoms with E-state index in [4.69, 9.17) is 28.4 Å². The second kappa shape index (κ2) is 15.5. The maximum absolute atomic E-state index is 14.8. The van der Waals surface area contributed by atoms with E-state index in [2.05, 4.69) is 9.97 Å². The Morgan fingerprint density at radius 3 is 2.34 bits per heavy atom. The molecule has 0 radical (unpaired) electrons. The standard InChI is InChI=1S/C36H36F2N4O8/c1-45-12-14-48-32-19-24-26(20-33(32)49-15-13-46-2)39-21-40-35(24)50-30-10-7-22(17-31(30)47-3)16-29(43)34-27-6-4-5-11-41(27)42(36(34)44)28-18-23(37)8-9-25(28)38/h7-10,17-21H,4-6,11-16H2,1-3H3. The molecule has 0 fully saturated rings. The fourth-order valence-corrected chi connectivity index (χ4v) is 5.90. The second-order valence-corrected chi connectivity index (χ2v) is 11.5. The predicted molar refractivity (Wildman–Crippen MR) is 178 cm³/mol. The minimum atomic E-state index is -0.763. The van der Waals surface area contributed by atoms with Crippen LogP contribution in [0.1, 0.15) is 34.5 Å². The van der Waals surface area contributed by atoms with Crippen molar-refractivity contribution in [3.8, 4) is 34.6 Å². The summed E-state index contributed by atoms with van der Waals surface area (Å²) in [5.41, 5.74) is 0.654. The molecule has 0 saturated carbocycles. The molecule has 5 aromatic rings. The zero-order valence-electron chi connectivity index (χ0n) is 27.9. The summed E-state index contributed by atoms with van der Waals surface area (Å²) < 4.78 is 65.4. The van der Waals surface area contributed by atoms with Gasteiger partial charge in [-0.15, -0.1) is 0 Å². The van der Waals surface area contributed by atoms with E-state index in [0.29, 0.717) is 77.9 Å². The SMILES string of the molecule is COCCOc1cc2ncnc(Oc3ccc(CC(=O)c4c5n(n(-c6cc(F)ccc6F)c4=O)CCCC5)cc3OC)c2cc1OCCOC. The summed E-state index contributed by atoms with van der Waals surface area (Å²) in [6.45, 7) is 1.73. The van der Waals surface area contributed by atoms with Crippen molar-refractivity contribution in [2.45, 2.75) is 32.2 Å². The normalized spacial score (nSPS) is 12.5. The molecule has 3 aromatic carbocycles. The minimum absolute atomic E-state index is 0.0331. The molecule has 0 N–H and O–H groups in total. The lowest BCUT2D eigenvalue weighted by Crippen LogP contribution is -2.25. The fourth-order valence-electron chi connectivity index (χ4n) is 5.90. The van der Waals surface area contributed by atoms with Crippen molar-refractivity contribution in [1.82, 2.24) is 19.3 Å². The smallest absolute Gasteiger partial charge is 0.282 e. The number of ether oxygens (including phenoxy) is 6. The number of benzene rings is 3. The number of Topliss-reactive ketones (excluding diaryl/α,β-unsaturated/α-hetero) is 1. The molecule has 14 heteroatoms. The average Bonchev–Trinajstić information content (AvgIpc) is 3.41. The largest absolute Gasteiger partial charge is 0.493 e. The van der Waals surface area contributed by atoms with Gasteiger partial charge in [-0.05, 0) is 55.2 Å². The molecule has 0 unspecified atom stereocenters. The van der Waals surface area contributed by atoms with Gasteiger partial charge in [0.15, 0.2) is 28.8 Å². The van der Waals surface area contributed by atoms with E-state index in [9.17, 15) is 18.4 Å². The Labute approximate surface area is 286 Å². The molecule has 0 spiro atoms. The Morgan fingerprint density at radius 2 is 1.60 bits per heavy atom. The molecule has 0 amide bonds. The first-order valence-electron chi connectivity index (χ1n) is 16.0. The number of ketones is 1. The second-order valence-electron chi connectivity index (χ2n) is 11.5. The van der Waals surface area contributed by atoms with E-state index < -0.39 is 23.0 Å². The third-order valence-corrected chi connectivity index (χ3v) is 8.25. The quantitative estimate of drug-likeness (QED) is 0.103. The lowest BCUT2D eigenvalue weighted by atomic mass is 9.99. The van der Waals surface area contributed by atoms with Crippen LogP contribution in [0.25, 0.3) is 16.6 Å². The van der Waals surface area contributed by atoms with Crippen LogP contribution in [0.15, 0.2) is 59.7 Å². The molecule has 2 aromatic heterocycles. The van der Waals surface area contributed by atoms with Crippen LogP contribution in [0.3, 0.4) is 0 Å². The van der Waals surface area contributed by atoms with Crippen LogP contribution in [0.4, 0.5) is 8.78 Å². The monoisotopic (exact) mass is 690 g/mol. The Kier molecular flexibility index (Phi) is 10.7. The summed E-state index contributed by atoms with van der Waals surface area (Å²) in [5, 5.41) is 0.546. The van der Waals surface area contributed by atoms with Crippen LogP contribution in [0, 0.1) is 11.6 Å². The fraction of sp³-hybridized carbons (Fsp3) is 0.333. The lowest BCUT2D eigenvalue weighted by Gasteiger charge is -2.19. The van der Waals surface area contributed by atoms with Gasteiger partial charge in [-0.3, -0.25) is 14.3 Å². The van der Waals surface area contributed by atoms with Gasteiger partial charge in [0.05, 0.1) is 36.9 Å². The molecule has 6 rings (SSSR count). The van der Waals surface area contributed by atoms with E-state index in [1.165, 1.54) is 13.4 Å². The first-order valence-corrected chi connectivity index (χ1v) is 16.0. The maximum atomic E-state index is 14.8. The Balaban J connectivity index is 1.28. The van der Waals surface area contributed by atoms with Gasteiger partial charge >= 0.3 is 0 Å². The molecule has 1 aliphatic rings. The van der Waals surface area contributed by atoms with E-state index in [1.54, 1.807) is 49.2 Å². The number of rotatable bonds is 15. The molecule has 262 valence electrons. The van der Waals surface area contributed by atoms with Crippen LogP contribution >= 0.6 is 0 Å². The molecule has 1 aliphatic heterocycles. The summed E-state index contributed by atoms with van der Waals surface area (Å²) in [5.74, 6) is -0.129. The zero-order valence-corrected chi connectivity index (χ0v) is 27.9. The Bertz CT molecular complexity index is 2080. The Morgan fingerprint density at radius 1 is 0.840 bits per heavy atom. The van der Waals surface area contributed by atoms with Gasteiger partial charge in [0.25, 0.3) is 5.56 Å². The van der Waals surface area contributed by atoms with Crippen molar-refractivity contribution >= 4 is 16.7 Å². The molecule has 0 bridgehead atoms. The van der Waals surface area contributed by atoms with Crippen LogP contribution in [0.5, 0.6) is 28.9 Å². The number of carbonyl (C=O) groups is 1. The van der Waals surface area contributed by atoms with Gasteiger partial charge in [-0.2, -0.15) is 0 Å². The van der Waals surface area contributed by atoms with Crippen molar-refractivity contribution in [1.29, 1.82) is 0 Å². The summed E-state index contributed by atoms with van der Waals surface area (Å²) in [6.07, 6.45) is 3.18. The number of halogens is 2. The number of hydrogen-bond acceptors (Lipinski definition) is 10. The van der Waals surface area contributed by atoms with Crippen LogP contribution < -0.4 is 24.5 Å². The molecule has 50 heavy (non-hydrogen) atoms. The highest BCUT2D eigenvalue weighted by Gasteiger charge is 2.29. The number of nitrogens with zero attached hydrogens (tertiary/aromatic N) is 4. The highest BCUT2D eigenvalue weighted by molar-refractivity contribution is 5.98. The van der Waals surface area contributed by atoms with Gasteiger partial charge in [-0.1, -0.05) is 6.07 Å². The van der Waals surface area contributed by atoms with Crippen molar-refractivity contribution in [2.75, 3.05) is 47.8 Å². The van der Waals surface area contributed by atoms with Crippen LogP contribution in [-0.4, -0.2) is 72.9 Å². The topological polar surface area (TPSA) is 125 Å². The van der Waals surface area contributed by atoms with Crippen LogP contribution in [0.2, 0.25) is 0 Å². The number of hydrogen-bond donors (Lipinski definition) is 0. The number of methoxy groups -OCH3 is 3. The Hall–Kier alpha value is -5.34. The van der Waals surface area contributed by atoms with E-state index in [1.807, 2.05) is 0 Å². The third-order valence-electron chi connectivity index (χ3n) is 8.25. The van der Waals surface area contributed by atoms with Gasteiger partial charge in [0.1, 0.15) is 42.4 Å². The van der Waals surface area contributed by atoms with Gasteiger partial charge in [0, 0.05) is 39.3 Å². The zero-order chi connectivity index (χ0) is 35.2. The summed E-state index contributed by atoms with van der Waals surface area (Å²) in [4.78, 5) is 36.1. The number of carbonyl (C=O) groups excluding carboxylic acids is 1. The molecular formula is C36H36F2N4O8. The highest BCUT2D eigenvalue weighted by atomic mass is 19.1. The first-order chi connectivity index (χ1) is 24.3. The number of aromatic nitrogens is 4. The summed E-state index contributed by atoms with van der Waals surface area (Å²) in [7, 11) is 4.63.